The molecule has 358 valence electrons. The maximum absolute atomic E-state index is 13.2. The van der Waals surface area contributed by atoms with Gasteiger partial charge in [0.15, 0.2) is 0 Å². The molecule has 0 bridgehead atoms. The highest BCUT2D eigenvalue weighted by molar-refractivity contribution is 5.77. The van der Waals surface area contributed by atoms with E-state index in [2.05, 4.69) is 92.9 Å². The highest BCUT2D eigenvalue weighted by atomic mass is 16.5. The van der Waals surface area contributed by atoms with Crippen molar-refractivity contribution < 1.29 is 24.5 Å². The van der Waals surface area contributed by atoms with E-state index in [0.29, 0.717) is 19.3 Å². The summed E-state index contributed by atoms with van der Waals surface area (Å²) in [6.45, 7) is 6.34. The number of aliphatic hydroxyl groups is 2. The molecule has 3 N–H and O–H groups in total. The van der Waals surface area contributed by atoms with Crippen molar-refractivity contribution in [3.63, 3.8) is 0 Å². The van der Waals surface area contributed by atoms with Crippen molar-refractivity contribution in [3.8, 4) is 0 Å². The lowest BCUT2D eigenvalue weighted by molar-refractivity contribution is -0.150. The van der Waals surface area contributed by atoms with Gasteiger partial charge in [-0.15, -0.1) is 0 Å². The van der Waals surface area contributed by atoms with Gasteiger partial charge in [0.05, 0.1) is 25.2 Å². The summed E-state index contributed by atoms with van der Waals surface area (Å²) in [6.07, 6.45) is 62.6. The SMILES string of the molecule is CC/C=C/C/C=C/C/C=C/C/C=C/C/C=C/CCC(=O)OC(CCCCC/C=C/CCCCCCCCCCC)CC(=O)NC(CO)C(O)CCCCCCCCCCCCC. The van der Waals surface area contributed by atoms with E-state index in [4.69, 9.17) is 4.74 Å². The van der Waals surface area contributed by atoms with E-state index in [0.717, 1.165) is 83.5 Å². The second kappa shape index (κ2) is 49.3. The summed E-state index contributed by atoms with van der Waals surface area (Å²) in [5, 5.41) is 23.7. The average Bonchev–Trinajstić information content (AvgIpc) is 3.26. The van der Waals surface area contributed by atoms with Gasteiger partial charge < -0.3 is 20.3 Å². The molecule has 0 aromatic carbocycles. The molecule has 0 heterocycles. The fourth-order valence-electron chi connectivity index (χ4n) is 7.59. The number of hydrogen-bond donors (Lipinski definition) is 3. The van der Waals surface area contributed by atoms with Crippen LogP contribution in [0.15, 0.2) is 72.9 Å². The Hall–Kier alpha value is -2.70. The van der Waals surface area contributed by atoms with E-state index in [1.165, 1.54) is 109 Å². The number of ether oxygens (including phenoxy) is 1. The molecule has 0 rings (SSSR count). The van der Waals surface area contributed by atoms with Crippen LogP contribution in [0.1, 0.15) is 245 Å². The first-order valence-corrected chi connectivity index (χ1v) is 26.2. The van der Waals surface area contributed by atoms with Crippen LogP contribution in [0.3, 0.4) is 0 Å². The zero-order valence-corrected chi connectivity index (χ0v) is 40.7. The summed E-state index contributed by atoms with van der Waals surface area (Å²) in [6, 6.07) is -0.723. The van der Waals surface area contributed by atoms with Gasteiger partial charge in [0.25, 0.3) is 0 Å². The number of nitrogens with one attached hydrogen (secondary N) is 1. The largest absolute Gasteiger partial charge is 0.462 e. The van der Waals surface area contributed by atoms with Gasteiger partial charge >= 0.3 is 5.97 Å². The molecule has 0 aromatic heterocycles. The van der Waals surface area contributed by atoms with Gasteiger partial charge in [0.2, 0.25) is 5.91 Å². The van der Waals surface area contributed by atoms with Crippen molar-refractivity contribution in [1.29, 1.82) is 0 Å². The standard InChI is InChI=1S/C56H99NO5/c1-4-7-10-13-16-19-22-24-26-28-30-33-35-38-41-44-47-52(62-56(61)49-46-43-40-37-34-31-29-27-25-23-20-17-14-11-8-5-2)50-55(60)57-53(51-58)54(59)48-45-42-39-36-32-21-18-15-12-9-6-3/h8,11,17,20,25,27,30-31,33-34,40,43,52-54,58-59H,4-7,9-10,12-16,18-19,21-24,26,28-29,32,35-39,41-42,44-51H2,1-3H3,(H,57,60)/b11-8+,20-17+,27-25+,33-30+,34-31+,43-40+. The van der Waals surface area contributed by atoms with Gasteiger partial charge in [-0.05, 0) is 83.5 Å². The van der Waals surface area contributed by atoms with Crippen molar-refractivity contribution in [3.05, 3.63) is 72.9 Å². The maximum Gasteiger partial charge on any atom is 0.306 e. The summed E-state index contributed by atoms with van der Waals surface area (Å²) >= 11 is 0. The summed E-state index contributed by atoms with van der Waals surface area (Å²) < 4.78 is 5.89. The number of carbonyl (C=O) groups excluding carboxylic acids is 2. The Balaban J connectivity index is 4.73. The van der Waals surface area contributed by atoms with E-state index in [1.54, 1.807) is 0 Å². The van der Waals surface area contributed by atoms with E-state index in [9.17, 15) is 19.8 Å². The number of carbonyl (C=O) groups is 2. The highest BCUT2D eigenvalue weighted by Gasteiger charge is 2.24. The molecule has 0 fully saturated rings. The second-order valence-corrected chi connectivity index (χ2v) is 17.5. The molecule has 0 aliphatic rings. The first-order valence-electron chi connectivity index (χ1n) is 26.2. The minimum absolute atomic E-state index is 0.0354. The third-order valence-corrected chi connectivity index (χ3v) is 11.5. The first-order chi connectivity index (χ1) is 30.5. The first kappa shape index (κ1) is 59.3. The van der Waals surface area contributed by atoms with Gasteiger partial charge in [-0.3, -0.25) is 9.59 Å². The molecular formula is C56H99NO5. The van der Waals surface area contributed by atoms with Crippen LogP contribution >= 0.6 is 0 Å². The smallest absolute Gasteiger partial charge is 0.306 e. The topological polar surface area (TPSA) is 95.9 Å². The second-order valence-electron chi connectivity index (χ2n) is 17.5. The lowest BCUT2D eigenvalue weighted by Crippen LogP contribution is -2.46. The third-order valence-electron chi connectivity index (χ3n) is 11.5. The summed E-state index contributed by atoms with van der Waals surface area (Å²) in [5.41, 5.74) is 0. The molecule has 0 spiro atoms. The molecule has 0 saturated carbocycles. The zero-order valence-electron chi connectivity index (χ0n) is 40.7. The van der Waals surface area contributed by atoms with Gasteiger partial charge in [0.1, 0.15) is 6.10 Å². The van der Waals surface area contributed by atoms with Crippen LogP contribution in [0.2, 0.25) is 0 Å². The summed E-state index contributed by atoms with van der Waals surface area (Å²) in [5.74, 6) is -0.588. The van der Waals surface area contributed by atoms with Crippen molar-refractivity contribution in [2.75, 3.05) is 6.61 Å². The van der Waals surface area contributed by atoms with Crippen LogP contribution in [0.4, 0.5) is 0 Å². The number of unbranched alkanes of at least 4 members (excludes halogenated alkanes) is 22. The minimum atomic E-state index is -0.805. The van der Waals surface area contributed by atoms with Gasteiger partial charge in [-0.1, -0.05) is 222 Å². The molecule has 0 aliphatic heterocycles. The number of hydrogen-bond acceptors (Lipinski definition) is 5. The number of aliphatic hydroxyl groups excluding tert-OH is 2. The fraction of sp³-hybridized carbons (Fsp3) is 0.750. The Kier molecular flexibility index (Phi) is 47.2. The van der Waals surface area contributed by atoms with Crippen LogP contribution < -0.4 is 5.32 Å². The Bertz CT molecular complexity index is 1150. The Morgan fingerprint density at radius 3 is 1.34 bits per heavy atom. The number of allylic oxidation sites excluding steroid dienone is 12. The lowest BCUT2D eigenvalue weighted by Gasteiger charge is -2.24. The molecule has 3 atom stereocenters. The summed E-state index contributed by atoms with van der Waals surface area (Å²) in [7, 11) is 0. The molecule has 0 aromatic rings. The van der Waals surface area contributed by atoms with E-state index < -0.39 is 18.2 Å². The molecule has 3 unspecified atom stereocenters. The average molecular weight is 866 g/mol. The molecule has 1 amide bonds. The van der Waals surface area contributed by atoms with Crippen molar-refractivity contribution in [2.24, 2.45) is 0 Å². The van der Waals surface area contributed by atoms with Crippen molar-refractivity contribution >= 4 is 11.9 Å². The molecular weight excluding hydrogens is 767 g/mol. The van der Waals surface area contributed by atoms with Crippen LogP contribution in [0, 0.1) is 0 Å². The Labute approximate surface area is 383 Å². The maximum atomic E-state index is 13.2. The molecule has 6 heteroatoms. The van der Waals surface area contributed by atoms with E-state index in [1.807, 2.05) is 6.08 Å². The lowest BCUT2D eigenvalue weighted by atomic mass is 10.0. The number of esters is 1. The number of amides is 1. The normalized spacial score (nSPS) is 13.8. The van der Waals surface area contributed by atoms with Crippen LogP contribution in [-0.2, 0) is 14.3 Å². The molecule has 0 radical (unpaired) electrons. The molecule has 0 aliphatic carbocycles. The summed E-state index contributed by atoms with van der Waals surface area (Å²) in [4.78, 5) is 26.1. The third kappa shape index (κ3) is 43.9. The van der Waals surface area contributed by atoms with Crippen molar-refractivity contribution in [1.82, 2.24) is 5.32 Å². The molecule has 62 heavy (non-hydrogen) atoms. The predicted molar refractivity (Wildman–Crippen MR) is 268 cm³/mol. The predicted octanol–water partition coefficient (Wildman–Crippen LogP) is 15.8. The quantitative estimate of drug-likeness (QED) is 0.0322. The van der Waals surface area contributed by atoms with Gasteiger partial charge in [0, 0.05) is 6.42 Å². The fourth-order valence-corrected chi connectivity index (χ4v) is 7.59. The van der Waals surface area contributed by atoms with Crippen LogP contribution in [0.25, 0.3) is 0 Å². The van der Waals surface area contributed by atoms with Crippen LogP contribution in [-0.4, -0.2) is 46.9 Å². The Morgan fingerprint density at radius 2 is 0.871 bits per heavy atom. The molecule has 6 nitrogen and oxygen atoms in total. The zero-order chi connectivity index (χ0) is 45.2. The monoisotopic (exact) mass is 866 g/mol. The Morgan fingerprint density at radius 1 is 0.484 bits per heavy atom. The molecule has 0 saturated heterocycles. The van der Waals surface area contributed by atoms with Crippen LogP contribution in [0.5, 0.6) is 0 Å². The number of rotatable bonds is 46. The van der Waals surface area contributed by atoms with E-state index in [-0.39, 0.29) is 31.3 Å². The van der Waals surface area contributed by atoms with E-state index >= 15 is 0 Å². The van der Waals surface area contributed by atoms with Gasteiger partial charge in [-0.25, -0.2) is 0 Å². The highest BCUT2D eigenvalue weighted by Crippen LogP contribution is 2.17. The minimum Gasteiger partial charge on any atom is -0.462 e. The van der Waals surface area contributed by atoms with Gasteiger partial charge in [-0.2, -0.15) is 0 Å². The van der Waals surface area contributed by atoms with Crippen molar-refractivity contribution in [2.45, 2.75) is 264 Å².